The number of hydrogen-bond acceptors (Lipinski definition) is 3. The Morgan fingerprint density at radius 3 is 2.38 bits per heavy atom. The second-order valence-corrected chi connectivity index (χ2v) is 4.77. The van der Waals surface area contributed by atoms with Gasteiger partial charge in [-0.2, -0.15) is 0 Å². The molecule has 2 rings (SSSR count). The van der Waals surface area contributed by atoms with Crippen LogP contribution in [-0.4, -0.2) is 26.2 Å². The van der Waals surface area contributed by atoms with Gasteiger partial charge in [-0.1, -0.05) is 18.2 Å². The summed E-state index contributed by atoms with van der Waals surface area (Å²) in [5.41, 5.74) is 3.44. The van der Waals surface area contributed by atoms with Crippen LogP contribution in [0, 0.1) is 6.92 Å². The zero-order valence-electron chi connectivity index (χ0n) is 12.3. The van der Waals surface area contributed by atoms with E-state index in [0.717, 1.165) is 23.5 Å². The number of aryl methyl sites for hydroxylation is 1. The zero-order chi connectivity index (χ0) is 15.1. The van der Waals surface area contributed by atoms with Crippen molar-refractivity contribution >= 4 is 17.3 Å². The van der Waals surface area contributed by atoms with Gasteiger partial charge in [0.1, 0.15) is 0 Å². The third-order valence-corrected chi connectivity index (χ3v) is 3.17. The lowest BCUT2D eigenvalue weighted by molar-refractivity contribution is 0.102. The molecule has 110 valence electrons. The van der Waals surface area contributed by atoms with Gasteiger partial charge in [0, 0.05) is 30.6 Å². The molecule has 0 atom stereocenters. The quantitative estimate of drug-likeness (QED) is 0.800. The number of carbonyl (C=O) groups excluding carboxylic acids is 1. The summed E-state index contributed by atoms with van der Waals surface area (Å²) in [5, 5.41) is 6.13. The predicted octanol–water partition coefficient (Wildman–Crippen LogP) is 3.31. The first-order valence-corrected chi connectivity index (χ1v) is 6.90. The van der Waals surface area contributed by atoms with Gasteiger partial charge < -0.3 is 15.4 Å². The van der Waals surface area contributed by atoms with E-state index in [1.54, 1.807) is 7.11 Å². The molecular formula is C17H20N2O2. The van der Waals surface area contributed by atoms with Gasteiger partial charge in [-0.05, 0) is 42.8 Å². The average Bonchev–Trinajstić information content (AvgIpc) is 2.49. The first kappa shape index (κ1) is 15.1. The highest BCUT2D eigenvalue weighted by atomic mass is 16.5. The Balaban J connectivity index is 1.97. The third-order valence-electron chi connectivity index (χ3n) is 3.17. The maximum atomic E-state index is 12.2. The molecule has 0 aliphatic carbocycles. The summed E-state index contributed by atoms with van der Waals surface area (Å²) in [6.45, 7) is 3.34. The van der Waals surface area contributed by atoms with Crippen LogP contribution in [0.25, 0.3) is 0 Å². The molecule has 21 heavy (non-hydrogen) atoms. The number of rotatable bonds is 6. The van der Waals surface area contributed by atoms with E-state index in [1.165, 1.54) is 0 Å². The molecule has 2 aromatic carbocycles. The smallest absolute Gasteiger partial charge is 0.255 e. The molecule has 0 aromatic heterocycles. The Kier molecular flexibility index (Phi) is 5.35. The molecule has 0 fully saturated rings. The summed E-state index contributed by atoms with van der Waals surface area (Å²) < 4.78 is 4.98. The van der Waals surface area contributed by atoms with E-state index < -0.39 is 0 Å². The number of ether oxygens (including phenoxy) is 1. The molecule has 0 unspecified atom stereocenters. The monoisotopic (exact) mass is 284 g/mol. The van der Waals surface area contributed by atoms with Crippen molar-refractivity contribution in [1.29, 1.82) is 0 Å². The van der Waals surface area contributed by atoms with E-state index in [4.69, 9.17) is 4.74 Å². The Labute approximate surface area is 125 Å². The number of nitrogens with one attached hydrogen (secondary N) is 2. The lowest BCUT2D eigenvalue weighted by Gasteiger charge is -2.09. The standard InChI is InChI=1S/C17H20N2O2/c1-13-5-3-4-6-16(13)17(20)19-15-9-7-14(8-10-15)18-11-12-21-2/h3-10,18H,11-12H2,1-2H3,(H,19,20). The van der Waals surface area contributed by atoms with Crippen LogP contribution in [0.1, 0.15) is 15.9 Å². The molecule has 0 spiro atoms. The van der Waals surface area contributed by atoms with Crippen molar-refractivity contribution in [2.24, 2.45) is 0 Å². The van der Waals surface area contributed by atoms with Crippen molar-refractivity contribution in [1.82, 2.24) is 0 Å². The van der Waals surface area contributed by atoms with Crippen molar-refractivity contribution in [3.63, 3.8) is 0 Å². The van der Waals surface area contributed by atoms with Gasteiger partial charge in [0.05, 0.1) is 6.61 Å². The Morgan fingerprint density at radius 2 is 1.71 bits per heavy atom. The van der Waals surface area contributed by atoms with Crippen LogP contribution in [0.3, 0.4) is 0 Å². The SMILES string of the molecule is COCCNc1ccc(NC(=O)c2ccccc2C)cc1. The minimum absolute atomic E-state index is 0.0896. The Bertz CT molecular complexity index is 594. The first-order chi connectivity index (χ1) is 10.2. The normalized spacial score (nSPS) is 10.2. The van der Waals surface area contributed by atoms with Crippen LogP contribution in [0.5, 0.6) is 0 Å². The molecule has 2 aromatic rings. The number of amides is 1. The van der Waals surface area contributed by atoms with E-state index >= 15 is 0 Å². The Hall–Kier alpha value is -2.33. The molecule has 0 aliphatic heterocycles. The molecule has 4 nitrogen and oxygen atoms in total. The summed E-state index contributed by atoms with van der Waals surface area (Å²) in [7, 11) is 1.67. The zero-order valence-corrected chi connectivity index (χ0v) is 12.3. The van der Waals surface area contributed by atoms with Gasteiger partial charge in [-0.25, -0.2) is 0 Å². The highest BCUT2D eigenvalue weighted by Gasteiger charge is 2.08. The van der Waals surface area contributed by atoms with Gasteiger partial charge in [-0.3, -0.25) is 4.79 Å². The van der Waals surface area contributed by atoms with Crippen LogP contribution in [0.15, 0.2) is 48.5 Å². The van der Waals surface area contributed by atoms with Gasteiger partial charge in [-0.15, -0.1) is 0 Å². The summed E-state index contributed by atoms with van der Waals surface area (Å²) in [6.07, 6.45) is 0. The van der Waals surface area contributed by atoms with Crippen molar-refractivity contribution < 1.29 is 9.53 Å². The maximum Gasteiger partial charge on any atom is 0.255 e. The fourth-order valence-corrected chi connectivity index (χ4v) is 1.99. The van der Waals surface area contributed by atoms with Crippen LogP contribution >= 0.6 is 0 Å². The van der Waals surface area contributed by atoms with E-state index in [0.29, 0.717) is 12.2 Å². The fraction of sp³-hybridized carbons (Fsp3) is 0.235. The second-order valence-electron chi connectivity index (χ2n) is 4.77. The summed E-state index contributed by atoms with van der Waals surface area (Å²) >= 11 is 0. The number of carbonyl (C=O) groups is 1. The lowest BCUT2D eigenvalue weighted by Crippen LogP contribution is -2.13. The fourth-order valence-electron chi connectivity index (χ4n) is 1.99. The van der Waals surface area contributed by atoms with Crippen LogP contribution in [0.4, 0.5) is 11.4 Å². The molecule has 0 aliphatic rings. The molecule has 0 saturated carbocycles. The van der Waals surface area contributed by atoms with Crippen LogP contribution < -0.4 is 10.6 Å². The molecule has 1 amide bonds. The summed E-state index contributed by atoms with van der Waals surface area (Å²) in [5.74, 6) is -0.0896. The van der Waals surface area contributed by atoms with E-state index in [9.17, 15) is 4.79 Å². The highest BCUT2D eigenvalue weighted by molar-refractivity contribution is 6.05. The molecule has 0 radical (unpaired) electrons. The average molecular weight is 284 g/mol. The molecule has 0 heterocycles. The van der Waals surface area contributed by atoms with Crippen molar-refractivity contribution in [2.75, 3.05) is 30.9 Å². The topological polar surface area (TPSA) is 50.4 Å². The molecule has 2 N–H and O–H groups in total. The van der Waals surface area contributed by atoms with Crippen LogP contribution in [-0.2, 0) is 4.74 Å². The van der Waals surface area contributed by atoms with Crippen molar-refractivity contribution in [3.05, 3.63) is 59.7 Å². The second kappa shape index (κ2) is 7.45. The largest absolute Gasteiger partial charge is 0.383 e. The summed E-state index contributed by atoms with van der Waals surface area (Å²) in [6, 6.07) is 15.2. The lowest BCUT2D eigenvalue weighted by atomic mass is 10.1. The molecule has 0 saturated heterocycles. The van der Waals surface area contributed by atoms with E-state index in [1.807, 2.05) is 55.5 Å². The minimum Gasteiger partial charge on any atom is -0.383 e. The van der Waals surface area contributed by atoms with E-state index in [-0.39, 0.29) is 5.91 Å². The Morgan fingerprint density at radius 1 is 1.05 bits per heavy atom. The third kappa shape index (κ3) is 4.33. The van der Waals surface area contributed by atoms with Crippen LogP contribution in [0.2, 0.25) is 0 Å². The first-order valence-electron chi connectivity index (χ1n) is 6.90. The number of anilines is 2. The number of methoxy groups -OCH3 is 1. The van der Waals surface area contributed by atoms with Gasteiger partial charge in [0.25, 0.3) is 5.91 Å². The van der Waals surface area contributed by atoms with Gasteiger partial charge >= 0.3 is 0 Å². The van der Waals surface area contributed by atoms with Gasteiger partial charge in [0.2, 0.25) is 0 Å². The molecule has 0 bridgehead atoms. The minimum atomic E-state index is -0.0896. The van der Waals surface area contributed by atoms with E-state index in [2.05, 4.69) is 10.6 Å². The highest BCUT2D eigenvalue weighted by Crippen LogP contribution is 2.15. The molecule has 4 heteroatoms. The van der Waals surface area contributed by atoms with Gasteiger partial charge in [0.15, 0.2) is 0 Å². The number of hydrogen-bond donors (Lipinski definition) is 2. The summed E-state index contributed by atoms with van der Waals surface area (Å²) in [4.78, 5) is 12.2. The number of benzene rings is 2. The molecular weight excluding hydrogens is 264 g/mol. The van der Waals surface area contributed by atoms with Crippen molar-refractivity contribution in [2.45, 2.75) is 6.92 Å². The maximum absolute atomic E-state index is 12.2. The predicted molar refractivity (Wildman–Crippen MR) is 85.9 cm³/mol. The van der Waals surface area contributed by atoms with Crippen molar-refractivity contribution in [3.8, 4) is 0 Å².